The van der Waals surface area contributed by atoms with Gasteiger partial charge in [0.25, 0.3) is 0 Å². The number of esters is 1. The van der Waals surface area contributed by atoms with Gasteiger partial charge in [-0.15, -0.1) is 0 Å². The standard InChI is InChI=1S/C14H15N3O3S/c1-9(18)12-11(13(19)20-2)17-14(21-12)16-8-6-10-5-3-4-7-15-10/h3-5,7H,6,8H2,1-2H3,(H,16,17). The molecule has 1 N–H and O–H groups in total. The number of Topliss-reactive ketones (excluding diaryl/α,β-unsaturated/α-hetero) is 1. The van der Waals surface area contributed by atoms with Crippen LogP contribution in [-0.4, -0.2) is 35.4 Å². The number of rotatable bonds is 6. The van der Waals surface area contributed by atoms with Crippen molar-refractivity contribution in [1.82, 2.24) is 9.97 Å². The Balaban J connectivity index is 2.03. The summed E-state index contributed by atoms with van der Waals surface area (Å²) in [6.07, 6.45) is 2.46. The van der Waals surface area contributed by atoms with E-state index in [-0.39, 0.29) is 11.5 Å². The van der Waals surface area contributed by atoms with Crippen LogP contribution in [0.5, 0.6) is 0 Å². The van der Waals surface area contributed by atoms with Gasteiger partial charge >= 0.3 is 5.97 Å². The molecule has 0 saturated carbocycles. The van der Waals surface area contributed by atoms with Crippen molar-refractivity contribution in [3.8, 4) is 0 Å². The van der Waals surface area contributed by atoms with E-state index in [2.05, 4.69) is 20.0 Å². The fourth-order valence-corrected chi connectivity index (χ4v) is 2.59. The van der Waals surface area contributed by atoms with Gasteiger partial charge in [-0.2, -0.15) is 0 Å². The van der Waals surface area contributed by atoms with E-state index < -0.39 is 5.97 Å². The fourth-order valence-electron chi connectivity index (χ4n) is 1.71. The molecule has 0 atom stereocenters. The first kappa shape index (κ1) is 15.1. The van der Waals surface area contributed by atoms with Crippen molar-refractivity contribution in [3.05, 3.63) is 40.7 Å². The quantitative estimate of drug-likeness (QED) is 0.651. The Labute approximate surface area is 126 Å². The number of nitrogens with one attached hydrogen (secondary N) is 1. The van der Waals surface area contributed by atoms with Crippen LogP contribution in [0.25, 0.3) is 0 Å². The normalized spacial score (nSPS) is 10.2. The molecule has 110 valence electrons. The van der Waals surface area contributed by atoms with Crippen LogP contribution in [0.2, 0.25) is 0 Å². The van der Waals surface area contributed by atoms with Crippen molar-refractivity contribution in [2.75, 3.05) is 19.0 Å². The number of ether oxygens (including phenoxy) is 1. The Kier molecular flexibility index (Phi) is 4.99. The molecule has 21 heavy (non-hydrogen) atoms. The van der Waals surface area contributed by atoms with Crippen LogP contribution in [-0.2, 0) is 11.2 Å². The van der Waals surface area contributed by atoms with E-state index in [1.807, 2.05) is 18.2 Å². The zero-order valence-electron chi connectivity index (χ0n) is 11.8. The average molecular weight is 305 g/mol. The van der Waals surface area contributed by atoms with E-state index in [0.29, 0.717) is 16.6 Å². The van der Waals surface area contributed by atoms with Crippen LogP contribution >= 0.6 is 11.3 Å². The molecule has 0 aromatic carbocycles. The van der Waals surface area contributed by atoms with Crippen molar-refractivity contribution < 1.29 is 14.3 Å². The third-order valence-corrected chi connectivity index (χ3v) is 3.82. The molecule has 0 radical (unpaired) electrons. The molecule has 0 unspecified atom stereocenters. The van der Waals surface area contributed by atoms with E-state index in [4.69, 9.17) is 0 Å². The summed E-state index contributed by atoms with van der Waals surface area (Å²) in [5.74, 6) is -0.806. The van der Waals surface area contributed by atoms with Crippen LogP contribution in [0.3, 0.4) is 0 Å². The first-order chi connectivity index (χ1) is 10.1. The predicted octanol–water partition coefficient (Wildman–Crippen LogP) is 2.18. The molecule has 0 spiro atoms. The predicted molar refractivity (Wildman–Crippen MR) is 79.9 cm³/mol. The molecule has 2 rings (SSSR count). The summed E-state index contributed by atoms with van der Waals surface area (Å²) in [6.45, 7) is 2.01. The molecule has 0 aliphatic heterocycles. The Bertz CT molecular complexity index is 640. The third kappa shape index (κ3) is 3.85. The molecular formula is C14H15N3O3S. The van der Waals surface area contributed by atoms with Crippen LogP contribution in [0.1, 0.15) is 32.8 Å². The molecule has 0 bridgehead atoms. The van der Waals surface area contributed by atoms with Gasteiger partial charge in [-0.25, -0.2) is 9.78 Å². The van der Waals surface area contributed by atoms with Crippen molar-refractivity contribution >= 4 is 28.2 Å². The monoisotopic (exact) mass is 305 g/mol. The Morgan fingerprint density at radius 3 is 2.81 bits per heavy atom. The summed E-state index contributed by atoms with van der Waals surface area (Å²) >= 11 is 1.15. The summed E-state index contributed by atoms with van der Waals surface area (Å²) in [5.41, 5.74) is 1.02. The van der Waals surface area contributed by atoms with Crippen molar-refractivity contribution in [2.45, 2.75) is 13.3 Å². The number of methoxy groups -OCH3 is 1. The molecule has 6 nitrogen and oxygen atoms in total. The lowest BCUT2D eigenvalue weighted by molar-refractivity contribution is 0.0591. The van der Waals surface area contributed by atoms with Gasteiger partial charge in [-0.05, 0) is 12.1 Å². The molecule has 2 heterocycles. The highest BCUT2D eigenvalue weighted by atomic mass is 32.1. The largest absolute Gasteiger partial charge is 0.464 e. The number of ketones is 1. The molecule has 2 aromatic heterocycles. The summed E-state index contributed by atoms with van der Waals surface area (Å²) in [7, 11) is 1.26. The molecule has 0 amide bonds. The SMILES string of the molecule is COC(=O)c1nc(NCCc2ccccn2)sc1C(C)=O. The number of nitrogens with zero attached hydrogens (tertiary/aromatic N) is 2. The van der Waals surface area contributed by atoms with E-state index in [1.54, 1.807) is 6.20 Å². The van der Waals surface area contributed by atoms with E-state index in [0.717, 1.165) is 23.5 Å². The van der Waals surface area contributed by atoms with Crippen LogP contribution in [0.15, 0.2) is 24.4 Å². The number of hydrogen-bond acceptors (Lipinski definition) is 7. The van der Waals surface area contributed by atoms with E-state index in [1.165, 1.54) is 14.0 Å². The van der Waals surface area contributed by atoms with Gasteiger partial charge in [0.1, 0.15) is 4.88 Å². The maximum absolute atomic E-state index is 11.6. The molecule has 7 heteroatoms. The van der Waals surface area contributed by atoms with Crippen molar-refractivity contribution in [2.24, 2.45) is 0 Å². The van der Waals surface area contributed by atoms with Crippen LogP contribution < -0.4 is 5.32 Å². The van der Waals surface area contributed by atoms with E-state index in [9.17, 15) is 9.59 Å². The average Bonchev–Trinajstić information content (AvgIpc) is 2.92. The molecular weight excluding hydrogens is 290 g/mol. The Hall–Kier alpha value is -2.28. The van der Waals surface area contributed by atoms with Gasteiger partial charge in [0.15, 0.2) is 16.6 Å². The number of pyridine rings is 1. The van der Waals surface area contributed by atoms with Crippen molar-refractivity contribution in [3.63, 3.8) is 0 Å². The van der Waals surface area contributed by atoms with Gasteiger partial charge in [-0.3, -0.25) is 9.78 Å². The fraction of sp³-hybridized carbons (Fsp3) is 0.286. The highest BCUT2D eigenvalue weighted by molar-refractivity contribution is 7.17. The maximum Gasteiger partial charge on any atom is 0.358 e. The molecule has 0 aliphatic carbocycles. The third-order valence-electron chi connectivity index (χ3n) is 2.71. The summed E-state index contributed by atoms with van der Waals surface area (Å²) < 4.78 is 4.63. The minimum atomic E-state index is -0.603. The van der Waals surface area contributed by atoms with Crippen LogP contribution in [0.4, 0.5) is 5.13 Å². The minimum Gasteiger partial charge on any atom is -0.464 e. The van der Waals surface area contributed by atoms with Gasteiger partial charge in [0, 0.05) is 31.8 Å². The lowest BCUT2D eigenvalue weighted by Gasteiger charge is -2.01. The summed E-state index contributed by atoms with van der Waals surface area (Å²) in [6, 6.07) is 5.72. The van der Waals surface area contributed by atoms with Gasteiger partial charge in [0.05, 0.1) is 7.11 Å². The second kappa shape index (κ2) is 6.94. The number of thiazole rings is 1. The second-order valence-corrected chi connectivity index (χ2v) is 5.24. The first-order valence-electron chi connectivity index (χ1n) is 6.35. The Morgan fingerprint density at radius 2 is 2.19 bits per heavy atom. The highest BCUT2D eigenvalue weighted by Crippen LogP contribution is 2.24. The molecule has 0 fully saturated rings. The number of hydrogen-bond donors (Lipinski definition) is 1. The Morgan fingerprint density at radius 1 is 1.38 bits per heavy atom. The molecule has 0 aliphatic rings. The summed E-state index contributed by atoms with van der Waals surface area (Å²) in [5, 5.41) is 3.62. The maximum atomic E-state index is 11.6. The number of carbonyl (C=O) groups is 2. The van der Waals surface area contributed by atoms with Crippen molar-refractivity contribution in [1.29, 1.82) is 0 Å². The molecule has 0 saturated heterocycles. The lowest BCUT2D eigenvalue weighted by Crippen LogP contribution is -2.08. The number of anilines is 1. The topological polar surface area (TPSA) is 81.2 Å². The smallest absolute Gasteiger partial charge is 0.358 e. The van der Waals surface area contributed by atoms with Gasteiger partial charge < -0.3 is 10.1 Å². The van der Waals surface area contributed by atoms with E-state index >= 15 is 0 Å². The summed E-state index contributed by atoms with van der Waals surface area (Å²) in [4.78, 5) is 31.7. The first-order valence-corrected chi connectivity index (χ1v) is 7.17. The minimum absolute atomic E-state index is 0.0651. The zero-order chi connectivity index (χ0) is 15.2. The lowest BCUT2D eigenvalue weighted by atomic mass is 10.3. The number of aromatic nitrogens is 2. The molecule has 2 aromatic rings. The second-order valence-electron chi connectivity index (χ2n) is 4.24. The highest BCUT2D eigenvalue weighted by Gasteiger charge is 2.21. The number of carbonyl (C=O) groups excluding carboxylic acids is 2. The van der Waals surface area contributed by atoms with Gasteiger partial charge in [0.2, 0.25) is 0 Å². The van der Waals surface area contributed by atoms with Crippen LogP contribution in [0, 0.1) is 0 Å². The van der Waals surface area contributed by atoms with Gasteiger partial charge in [-0.1, -0.05) is 17.4 Å². The zero-order valence-corrected chi connectivity index (χ0v) is 12.6.